The molecule has 0 heterocycles. The number of hydroxylamine groups is 1. The van der Waals surface area contributed by atoms with E-state index in [1.54, 1.807) is 12.1 Å². The molecule has 0 aliphatic carbocycles. The van der Waals surface area contributed by atoms with Crippen LogP contribution in [0.1, 0.15) is 25.3 Å². The maximum Gasteiger partial charge on any atom is 0.343 e. The highest BCUT2D eigenvalue weighted by Crippen LogP contribution is 2.23. The monoisotopic (exact) mass is 252 g/mol. The van der Waals surface area contributed by atoms with E-state index in [1.807, 2.05) is 31.5 Å². The summed E-state index contributed by atoms with van der Waals surface area (Å²) in [5.41, 5.74) is 3.66. The Labute approximate surface area is 105 Å². The molecule has 0 unspecified atom stereocenters. The molecule has 0 aliphatic heterocycles. The lowest BCUT2D eigenvalue weighted by molar-refractivity contribution is -0.143. The maximum atomic E-state index is 11.4. The van der Waals surface area contributed by atoms with Crippen molar-refractivity contribution < 1.29 is 19.5 Å². The summed E-state index contributed by atoms with van der Waals surface area (Å²) in [5.74, 6) is -0.890. The van der Waals surface area contributed by atoms with Gasteiger partial charge in [0.25, 0.3) is 0 Å². The van der Waals surface area contributed by atoms with Crippen LogP contribution in [0.15, 0.2) is 24.3 Å². The molecular weight excluding hydrogens is 236 g/mol. The fourth-order valence-electron chi connectivity index (χ4n) is 1.43. The van der Waals surface area contributed by atoms with Gasteiger partial charge in [-0.05, 0) is 17.5 Å². The van der Waals surface area contributed by atoms with Gasteiger partial charge in [-0.25, -0.2) is 15.1 Å². The number of carbonyl (C=O) groups is 2. The summed E-state index contributed by atoms with van der Waals surface area (Å²) in [6, 6.07) is 6.77. The van der Waals surface area contributed by atoms with Crippen molar-refractivity contribution >= 4 is 17.7 Å². The molecule has 2 amide bonds. The number of urea groups is 1. The number of carboxylic acids is 1. The first kappa shape index (κ1) is 14.0. The van der Waals surface area contributed by atoms with Crippen LogP contribution in [-0.4, -0.2) is 23.7 Å². The van der Waals surface area contributed by atoms with Crippen LogP contribution in [0.5, 0.6) is 0 Å². The molecule has 0 atom stereocenters. The zero-order chi connectivity index (χ0) is 13.5. The summed E-state index contributed by atoms with van der Waals surface area (Å²) in [6.45, 7) is 3.44. The van der Waals surface area contributed by atoms with Gasteiger partial charge in [-0.2, -0.15) is 0 Å². The van der Waals surface area contributed by atoms with Crippen molar-refractivity contribution in [2.75, 3.05) is 11.9 Å². The Morgan fingerprint density at radius 2 is 2.00 bits per heavy atom. The van der Waals surface area contributed by atoms with Gasteiger partial charge in [-0.3, -0.25) is 4.84 Å². The topological polar surface area (TPSA) is 87.7 Å². The van der Waals surface area contributed by atoms with Crippen LogP contribution in [0.4, 0.5) is 10.5 Å². The molecule has 0 aliphatic rings. The minimum Gasteiger partial charge on any atom is -0.479 e. The third-order valence-electron chi connectivity index (χ3n) is 2.19. The highest BCUT2D eigenvalue weighted by atomic mass is 16.7. The number of hydrogen-bond acceptors (Lipinski definition) is 3. The maximum absolute atomic E-state index is 11.4. The minimum absolute atomic E-state index is 0.265. The van der Waals surface area contributed by atoms with Crippen molar-refractivity contribution in [1.29, 1.82) is 0 Å². The Kier molecular flexibility index (Phi) is 5.13. The molecule has 6 nitrogen and oxygen atoms in total. The Balaban J connectivity index is 2.56. The molecule has 6 heteroatoms. The third-order valence-corrected chi connectivity index (χ3v) is 2.19. The summed E-state index contributed by atoms with van der Waals surface area (Å²) in [4.78, 5) is 26.1. The fourth-order valence-corrected chi connectivity index (χ4v) is 1.43. The zero-order valence-electron chi connectivity index (χ0n) is 10.3. The van der Waals surface area contributed by atoms with E-state index in [4.69, 9.17) is 5.11 Å². The second kappa shape index (κ2) is 6.61. The summed E-state index contributed by atoms with van der Waals surface area (Å²) in [6.07, 6.45) is 0. The molecule has 1 aromatic rings. The molecule has 0 fully saturated rings. The van der Waals surface area contributed by atoms with Crippen molar-refractivity contribution in [3.63, 3.8) is 0 Å². The molecule has 0 aromatic heterocycles. The second-order valence-corrected chi connectivity index (χ2v) is 3.98. The van der Waals surface area contributed by atoms with Gasteiger partial charge < -0.3 is 10.4 Å². The molecule has 3 N–H and O–H groups in total. The SMILES string of the molecule is CC(C)c1ccccc1NC(=O)NOCC(=O)O. The van der Waals surface area contributed by atoms with Crippen molar-refractivity contribution in [2.24, 2.45) is 0 Å². The van der Waals surface area contributed by atoms with Crippen molar-refractivity contribution in [1.82, 2.24) is 5.48 Å². The zero-order valence-corrected chi connectivity index (χ0v) is 10.3. The quantitative estimate of drug-likeness (QED) is 0.699. The molecule has 0 saturated carbocycles. The average molecular weight is 252 g/mol. The van der Waals surface area contributed by atoms with E-state index < -0.39 is 18.6 Å². The number of amides is 2. The number of carboxylic acid groups (broad SMARTS) is 1. The summed E-state index contributed by atoms with van der Waals surface area (Å²) >= 11 is 0. The first-order valence-corrected chi connectivity index (χ1v) is 5.50. The van der Waals surface area contributed by atoms with Gasteiger partial charge in [0.15, 0.2) is 6.61 Å². The smallest absolute Gasteiger partial charge is 0.343 e. The van der Waals surface area contributed by atoms with Crippen molar-refractivity contribution in [3.05, 3.63) is 29.8 Å². The number of anilines is 1. The Morgan fingerprint density at radius 3 is 2.61 bits per heavy atom. The first-order chi connectivity index (χ1) is 8.50. The van der Waals surface area contributed by atoms with Crippen LogP contribution >= 0.6 is 0 Å². The lowest BCUT2D eigenvalue weighted by atomic mass is 10.0. The average Bonchev–Trinajstić information content (AvgIpc) is 2.28. The molecular formula is C12H16N2O4. The lowest BCUT2D eigenvalue weighted by Crippen LogP contribution is -2.31. The predicted octanol–water partition coefficient (Wildman–Crippen LogP) is 1.95. The molecule has 0 saturated heterocycles. The van der Waals surface area contributed by atoms with Gasteiger partial charge in [-0.1, -0.05) is 32.0 Å². The van der Waals surface area contributed by atoms with Crippen molar-refractivity contribution in [3.8, 4) is 0 Å². The van der Waals surface area contributed by atoms with Gasteiger partial charge >= 0.3 is 12.0 Å². The molecule has 0 bridgehead atoms. The highest BCUT2D eigenvalue weighted by molar-refractivity contribution is 5.89. The van der Waals surface area contributed by atoms with E-state index >= 15 is 0 Å². The normalized spacial score (nSPS) is 10.2. The first-order valence-electron chi connectivity index (χ1n) is 5.50. The standard InChI is InChI=1S/C12H16N2O4/c1-8(2)9-5-3-4-6-10(9)13-12(17)14-18-7-11(15)16/h3-6,8H,7H2,1-2H3,(H,15,16)(H2,13,14,17). The van der Waals surface area contributed by atoms with Gasteiger partial charge in [0.2, 0.25) is 0 Å². The molecule has 0 spiro atoms. The third kappa shape index (κ3) is 4.42. The van der Waals surface area contributed by atoms with E-state index in [2.05, 4.69) is 10.2 Å². The number of carbonyl (C=O) groups excluding carboxylic acids is 1. The van der Waals surface area contributed by atoms with Crippen LogP contribution in [0.3, 0.4) is 0 Å². The summed E-state index contributed by atoms with van der Waals surface area (Å²) in [7, 11) is 0. The molecule has 0 radical (unpaired) electrons. The van der Waals surface area contributed by atoms with E-state index in [1.165, 1.54) is 0 Å². The van der Waals surface area contributed by atoms with Gasteiger partial charge in [0.1, 0.15) is 0 Å². The van der Waals surface area contributed by atoms with E-state index in [-0.39, 0.29) is 5.92 Å². The number of para-hydroxylation sites is 1. The van der Waals surface area contributed by atoms with Crippen LogP contribution in [0, 0.1) is 0 Å². The van der Waals surface area contributed by atoms with Crippen LogP contribution < -0.4 is 10.8 Å². The summed E-state index contributed by atoms with van der Waals surface area (Å²) in [5, 5.41) is 10.9. The van der Waals surface area contributed by atoms with Crippen LogP contribution in [0.2, 0.25) is 0 Å². The number of nitrogens with one attached hydrogen (secondary N) is 2. The number of aliphatic carboxylic acids is 1. The van der Waals surface area contributed by atoms with Gasteiger partial charge in [0.05, 0.1) is 0 Å². The molecule has 1 rings (SSSR count). The van der Waals surface area contributed by atoms with Crippen LogP contribution in [0.25, 0.3) is 0 Å². The molecule has 1 aromatic carbocycles. The number of rotatable bonds is 5. The Hall–Kier alpha value is -2.08. The van der Waals surface area contributed by atoms with Crippen LogP contribution in [-0.2, 0) is 9.63 Å². The van der Waals surface area contributed by atoms with Crippen molar-refractivity contribution in [2.45, 2.75) is 19.8 Å². The lowest BCUT2D eigenvalue weighted by Gasteiger charge is -2.13. The van der Waals surface area contributed by atoms with E-state index in [0.717, 1.165) is 5.56 Å². The number of benzene rings is 1. The van der Waals surface area contributed by atoms with E-state index in [9.17, 15) is 9.59 Å². The minimum atomic E-state index is -1.15. The summed E-state index contributed by atoms with van der Waals surface area (Å²) < 4.78 is 0. The molecule has 98 valence electrons. The van der Waals surface area contributed by atoms with Gasteiger partial charge in [-0.15, -0.1) is 0 Å². The largest absolute Gasteiger partial charge is 0.479 e. The Bertz CT molecular complexity index is 432. The van der Waals surface area contributed by atoms with Gasteiger partial charge in [0, 0.05) is 5.69 Å². The predicted molar refractivity (Wildman–Crippen MR) is 66.3 cm³/mol. The van der Waals surface area contributed by atoms with E-state index in [0.29, 0.717) is 5.69 Å². The molecule has 18 heavy (non-hydrogen) atoms. The number of hydrogen-bond donors (Lipinski definition) is 3. The highest BCUT2D eigenvalue weighted by Gasteiger charge is 2.09. The Morgan fingerprint density at radius 1 is 1.33 bits per heavy atom. The fraction of sp³-hybridized carbons (Fsp3) is 0.333. The second-order valence-electron chi connectivity index (χ2n) is 3.98.